The molecule has 0 saturated heterocycles. The largest absolute Gasteiger partial charge is 0.330 e. The van der Waals surface area contributed by atoms with Crippen molar-refractivity contribution in [1.29, 1.82) is 0 Å². The van der Waals surface area contributed by atoms with Crippen molar-refractivity contribution >= 4 is 0 Å². The lowest BCUT2D eigenvalue weighted by Gasteiger charge is -2.38. The third-order valence-electron chi connectivity index (χ3n) is 6.32. The Bertz CT molecular complexity index is 500. The second-order valence-electron chi connectivity index (χ2n) is 7.64. The molecular weight excluding hydrogens is 292 g/mol. The van der Waals surface area contributed by atoms with E-state index in [0.717, 1.165) is 42.7 Å². The average molecular weight is 321 g/mol. The van der Waals surface area contributed by atoms with Crippen molar-refractivity contribution in [3.8, 4) is 0 Å². The Kier molecular flexibility index (Phi) is 5.68. The van der Waals surface area contributed by atoms with Crippen molar-refractivity contribution in [1.82, 2.24) is 0 Å². The fourth-order valence-electron chi connectivity index (χ4n) is 4.87. The van der Waals surface area contributed by atoms with Crippen molar-refractivity contribution in [2.24, 2.45) is 23.5 Å². The lowest BCUT2D eigenvalue weighted by atomic mass is 9.68. The summed E-state index contributed by atoms with van der Waals surface area (Å²) in [7, 11) is 0. The molecule has 3 rings (SSSR count). The number of rotatable bonds is 4. The molecule has 2 saturated carbocycles. The second kappa shape index (κ2) is 7.74. The van der Waals surface area contributed by atoms with Crippen LogP contribution in [0.4, 0.5) is 8.78 Å². The highest BCUT2D eigenvalue weighted by Crippen LogP contribution is 2.44. The van der Waals surface area contributed by atoms with Gasteiger partial charge in [0.05, 0.1) is 0 Å². The normalized spacial score (nSPS) is 32.0. The summed E-state index contributed by atoms with van der Waals surface area (Å²) in [6.07, 6.45) is 11.4. The minimum atomic E-state index is -0.739. The van der Waals surface area contributed by atoms with E-state index in [1.165, 1.54) is 57.1 Å². The van der Waals surface area contributed by atoms with E-state index in [-0.39, 0.29) is 0 Å². The summed E-state index contributed by atoms with van der Waals surface area (Å²) in [5.74, 6) is 1.55. The first-order valence-corrected chi connectivity index (χ1v) is 9.32. The van der Waals surface area contributed by atoms with E-state index in [1.54, 1.807) is 6.07 Å². The summed E-state index contributed by atoms with van der Waals surface area (Å²) in [5.41, 5.74) is 6.66. The van der Waals surface area contributed by atoms with E-state index in [1.807, 2.05) is 0 Å². The third-order valence-corrected chi connectivity index (χ3v) is 6.32. The molecule has 0 radical (unpaired) electrons. The van der Waals surface area contributed by atoms with Gasteiger partial charge in [-0.15, -0.1) is 0 Å². The Hall–Kier alpha value is -0.960. The number of hydrogen-bond acceptors (Lipinski definition) is 1. The lowest BCUT2D eigenvalue weighted by Crippen LogP contribution is -2.26. The van der Waals surface area contributed by atoms with Crippen LogP contribution >= 0.6 is 0 Å². The van der Waals surface area contributed by atoms with Crippen molar-refractivity contribution in [2.45, 2.75) is 63.7 Å². The zero-order chi connectivity index (χ0) is 16.2. The van der Waals surface area contributed by atoms with Gasteiger partial charge in [-0.3, -0.25) is 0 Å². The Labute approximate surface area is 138 Å². The van der Waals surface area contributed by atoms with Crippen molar-refractivity contribution in [3.63, 3.8) is 0 Å². The quantitative estimate of drug-likeness (QED) is 0.790. The van der Waals surface area contributed by atoms with Crippen LogP contribution < -0.4 is 5.73 Å². The Morgan fingerprint density at radius 1 is 0.826 bits per heavy atom. The van der Waals surface area contributed by atoms with E-state index in [9.17, 15) is 8.78 Å². The predicted molar refractivity (Wildman–Crippen MR) is 90.2 cm³/mol. The Balaban J connectivity index is 1.50. The SMILES string of the molecule is NCCC1CCC(C2CCC(c3ccc(F)c(F)c3)CC2)CC1. The minimum Gasteiger partial charge on any atom is -0.330 e. The molecule has 2 aliphatic carbocycles. The molecule has 128 valence electrons. The Morgan fingerprint density at radius 3 is 2.00 bits per heavy atom. The molecular formula is C20H29F2N. The maximum atomic E-state index is 13.4. The first-order valence-electron chi connectivity index (χ1n) is 9.32. The van der Waals surface area contributed by atoms with E-state index >= 15 is 0 Å². The first-order chi connectivity index (χ1) is 11.2. The topological polar surface area (TPSA) is 26.0 Å². The first kappa shape index (κ1) is 16.9. The van der Waals surface area contributed by atoms with Crippen LogP contribution in [0.15, 0.2) is 18.2 Å². The van der Waals surface area contributed by atoms with Crippen LogP contribution in [0.1, 0.15) is 69.3 Å². The second-order valence-corrected chi connectivity index (χ2v) is 7.64. The third kappa shape index (κ3) is 4.12. The fourth-order valence-corrected chi connectivity index (χ4v) is 4.87. The molecule has 0 heterocycles. The van der Waals surface area contributed by atoms with Crippen LogP contribution in [0.3, 0.4) is 0 Å². The number of hydrogen-bond donors (Lipinski definition) is 1. The summed E-state index contributed by atoms with van der Waals surface area (Å²) in [5, 5.41) is 0. The van der Waals surface area contributed by atoms with Gasteiger partial charge in [0.2, 0.25) is 0 Å². The molecule has 0 aromatic heterocycles. The molecule has 2 N–H and O–H groups in total. The molecule has 0 spiro atoms. The molecule has 2 fully saturated rings. The molecule has 23 heavy (non-hydrogen) atoms. The van der Waals surface area contributed by atoms with Gasteiger partial charge in [-0.1, -0.05) is 18.9 Å². The minimum absolute atomic E-state index is 0.412. The van der Waals surface area contributed by atoms with E-state index in [0.29, 0.717) is 5.92 Å². The van der Waals surface area contributed by atoms with Crippen LogP contribution in [0, 0.1) is 29.4 Å². The highest BCUT2D eigenvalue weighted by molar-refractivity contribution is 5.22. The predicted octanol–water partition coefficient (Wildman–Crippen LogP) is 5.39. The van der Waals surface area contributed by atoms with E-state index in [4.69, 9.17) is 5.73 Å². The van der Waals surface area contributed by atoms with Gasteiger partial charge in [0, 0.05) is 0 Å². The summed E-state index contributed by atoms with van der Waals surface area (Å²) in [6.45, 7) is 0.828. The molecule has 0 aliphatic heterocycles. The standard InChI is InChI=1S/C20H29F2N/c21-19-10-9-18(13-20(19)22)17-7-5-16(6-8-17)15-3-1-14(2-4-15)11-12-23/h9-10,13-17H,1-8,11-12,23H2. The van der Waals surface area contributed by atoms with Crippen LogP contribution in [0.2, 0.25) is 0 Å². The highest BCUT2D eigenvalue weighted by Gasteiger charge is 2.31. The van der Waals surface area contributed by atoms with Gasteiger partial charge in [-0.2, -0.15) is 0 Å². The highest BCUT2D eigenvalue weighted by atomic mass is 19.2. The molecule has 0 atom stereocenters. The van der Waals surface area contributed by atoms with Gasteiger partial charge in [0.15, 0.2) is 11.6 Å². The molecule has 0 bridgehead atoms. The van der Waals surface area contributed by atoms with Gasteiger partial charge in [0.25, 0.3) is 0 Å². The Morgan fingerprint density at radius 2 is 1.43 bits per heavy atom. The van der Waals surface area contributed by atoms with Crippen LogP contribution in [0.25, 0.3) is 0 Å². The van der Waals surface area contributed by atoms with Crippen LogP contribution in [-0.4, -0.2) is 6.54 Å². The number of halogens is 2. The zero-order valence-corrected chi connectivity index (χ0v) is 13.9. The number of benzene rings is 1. The molecule has 2 aliphatic rings. The molecule has 0 amide bonds. The van der Waals surface area contributed by atoms with Crippen LogP contribution in [-0.2, 0) is 0 Å². The monoisotopic (exact) mass is 321 g/mol. The van der Waals surface area contributed by atoms with Gasteiger partial charge in [-0.05, 0) is 92.9 Å². The summed E-state index contributed by atoms with van der Waals surface area (Å²) >= 11 is 0. The lowest BCUT2D eigenvalue weighted by molar-refractivity contribution is 0.157. The summed E-state index contributed by atoms with van der Waals surface area (Å²) in [4.78, 5) is 0. The summed E-state index contributed by atoms with van der Waals surface area (Å²) < 4.78 is 26.5. The van der Waals surface area contributed by atoms with Gasteiger partial charge < -0.3 is 5.73 Å². The maximum absolute atomic E-state index is 13.4. The van der Waals surface area contributed by atoms with E-state index in [2.05, 4.69) is 0 Å². The average Bonchev–Trinajstić information content (AvgIpc) is 2.59. The molecule has 1 aromatic rings. The fraction of sp³-hybridized carbons (Fsp3) is 0.700. The van der Waals surface area contributed by atoms with E-state index < -0.39 is 11.6 Å². The molecule has 3 heteroatoms. The maximum Gasteiger partial charge on any atom is 0.159 e. The van der Waals surface area contributed by atoms with Crippen molar-refractivity contribution in [3.05, 3.63) is 35.4 Å². The van der Waals surface area contributed by atoms with Gasteiger partial charge in [0.1, 0.15) is 0 Å². The summed E-state index contributed by atoms with van der Waals surface area (Å²) in [6, 6.07) is 4.44. The molecule has 1 nitrogen and oxygen atoms in total. The number of nitrogens with two attached hydrogens (primary N) is 1. The van der Waals surface area contributed by atoms with Gasteiger partial charge in [-0.25, -0.2) is 8.78 Å². The molecule has 0 unspecified atom stereocenters. The molecule has 1 aromatic carbocycles. The zero-order valence-electron chi connectivity index (χ0n) is 13.9. The van der Waals surface area contributed by atoms with Crippen molar-refractivity contribution < 1.29 is 8.78 Å². The smallest absolute Gasteiger partial charge is 0.159 e. The van der Waals surface area contributed by atoms with Gasteiger partial charge >= 0.3 is 0 Å². The van der Waals surface area contributed by atoms with Crippen LogP contribution in [0.5, 0.6) is 0 Å². The van der Waals surface area contributed by atoms with Crippen molar-refractivity contribution in [2.75, 3.05) is 6.54 Å².